The maximum absolute atomic E-state index is 9.51. The van der Waals surface area contributed by atoms with E-state index in [4.69, 9.17) is 24.1 Å². The average Bonchev–Trinajstić information content (AvgIpc) is 2.98. The van der Waals surface area contributed by atoms with Crippen LogP contribution in [-0.2, 0) is 14.9 Å². The topological polar surface area (TPSA) is 77.4 Å². The maximum atomic E-state index is 9.51. The van der Waals surface area contributed by atoms with Gasteiger partial charge in [-0.25, -0.2) is 0 Å². The van der Waals surface area contributed by atoms with Gasteiger partial charge < -0.3 is 29.2 Å². The zero-order valence-electron chi connectivity index (χ0n) is 21.1. The minimum Gasteiger partial charge on any atom is -0.487 e. The van der Waals surface area contributed by atoms with Crippen LogP contribution < -0.4 is 9.47 Å². The first-order valence-electron chi connectivity index (χ1n) is 11.7. The molecule has 1 aliphatic rings. The molecule has 32 heavy (non-hydrogen) atoms. The van der Waals surface area contributed by atoms with Gasteiger partial charge in [0.15, 0.2) is 11.5 Å². The summed E-state index contributed by atoms with van der Waals surface area (Å²) in [6, 6.07) is 6.17. The highest BCUT2D eigenvalue weighted by Gasteiger charge is 2.41. The minimum absolute atomic E-state index is 0.00206. The van der Waals surface area contributed by atoms with Gasteiger partial charge in [0.1, 0.15) is 13.2 Å². The Bertz CT molecular complexity index is 707. The summed E-state index contributed by atoms with van der Waals surface area (Å²) in [5.74, 6) is 1.36. The quantitative estimate of drug-likeness (QED) is 0.459. The molecule has 2 unspecified atom stereocenters. The van der Waals surface area contributed by atoms with Crippen molar-refractivity contribution >= 4 is 0 Å². The van der Waals surface area contributed by atoms with Gasteiger partial charge in [-0.1, -0.05) is 54.5 Å². The van der Waals surface area contributed by atoms with Crippen LogP contribution in [0.4, 0.5) is 0 Å². The van der Waals surface area contributed by atoms with Crippen molar-refractivity contribution in [1.82, 2.24) is 0 Å². The molecule has 1 saturated heterocycles. The second-order valence-electron chi connectivity index (χ2n) is 11.4. The molecule has 0 aliphatic carbocycles. The smallest absolute Gasteiger partial charge is 0.161 e. The molecule has 1 aliphatic heterocycles. The zero-order chi connectivity index (χ0) is 24.0. The van der Waals surface area contributed by atoms with Gasteiger partial charge in [0.25, 0.3) is 0 Å². The van der Waals surface area contributed by atoms with E-state index in [1.54, 1.807) is 0 Å². The molecule has 2 rings (SSSR count). The van der Waals surface area contributed by atoms with E-state index in [1.165, 1.54) is 5.56 Å². The molecule has 6 heteroatoms. The summed E-state index contributed by atoms with van der Waals surface area (Å²) in [4.78, 5) is 0. The predicted molar refractivity (Wildman–Crippen MR) is 127 cm³/mol. The van der Waals surface area contributed by atoms with E-state index >= 15 is 0 Å². The summed E-state index contributed by atoms with van der Waals surface area (Å²) in [6.45, 7) is 17.1. The number of benzene rings is 1. The lowest BCUT2D eigenvalue weighted by molar-refractivity contribution is -0.0268. The third-order valence-corrected chi connectivity index (χ3v) is 5.99. The van der Waals surface area contributed by atoms with Gasteiger partial charge in [0, 0.05) is 0 Å². The van der Waals surface area contributed by atoms with E-state index in [2.05, 4.69) is 60.6 Å². The fourth-order valence-electron chi connectivity index (χ4n) is 4.69. The largest absolute Gasteiger partial charge is 0.487 e. The Balaban J connectivity index is 2.19. The van der Waals surface area contributed by atoms with Crippen molar-refractivity contribution in [2.45, 2.75) is 78.9 Å². The van der Waals surface area contributed by atoms with Crippen molar-refractivity contribution in [3.05, 3.63) is 23.8 Å². The average molecular weight is 453 g/mol. The zero-order valence-corrected chi connectivity index (χ0v) is 21.1. The molecule has 0 bridgehead atoms. The van der Waals surface area contributed by atoms with Crippen LogP contribution in [-0.4, -0.2) is 62.1 Å². The van der Waals surface area contributed by atoms with Crippen molar-refractivity contribution in [2.24, 2.45) is 10.8 Å². The SMILES string of the molecule is CC(C)(C)CC(C)(C)c1ccc(OCCOCCO)c(OCC2OC(CO)CC2(C)C)c1. The van der Waals surface area contributed by atoms with Crippen molar-refractivity contribution < 1.29 is 29.2 Å². The van der Waals surface area contributed by atoms with E-state index < -0.39 is 0 Å². The Hall–Kier alpha value is -1.34. The summed E-state index contributed by atoms with van der Waals surface area (Å²) >= 11 is 0. The summed E-state index contributed by atoms with van der Waals surface area (Å²) in [5.41, 5.74) is 1.30. The number of ether oxygens (including phenoxy) is 4. The van der Waals surface area contributed by atoms with E-state index in [1.807, 2.05) is 6.07 Å². The molecule has 0 amide bonds. The Morgan fingerprint density at radius 3 is 2.31 bits per heavy atom. The Labute approximate surface area is 194 Å². The van der Waals surface area contributed by atoms with E-state index in [9.17, 15) is 5.11 Å². The van der Waals surface area contributed by atoms with Gasteiger partial charge in [0.05, 0.1) is 38.6 Å². The number of rotatable bonds is 12. The highest BCUT2D eigenvalue weighted by Crippen LogP contribution is 2.41. The Morgan fingerprint density at radius 1 is 1.00 bits per heavy atom. The second kappa shape index (κ2) is 11.2. The maximum Gasteiger partial charge on any atom is 0.161 e. The van der Waals surface area contributed by atoms with Gasteiger partial charge in [-0.2, -0.15) is 0 Å². The van der Waals surface area contributed by atoms with Gasteiger partial charge in [0.2, 0.25) is 0 Å². The lowest BCUT2D eigenvalue weighted by Gasteiger charge is -2.33. The van der Waals surface area contributed by atoms with Gasteiger partial charge in [-0.3, -0.25) is 0 Å². The van der Waals surface area contributed by atoms with E-state index in [0.717, 1.165) is 12.8 Å². The minimum atomic E-state index is -0.143. The lowest BCUT2D eigenvalue weighted by atomic mass is 9.72. The molecule has 2 atom stereocenters. The first-order valence-corrected chi connectivity index (χ1v) is 11.7. The second-order valence-corrected chi connectivity index (χ2v) is 11.4. The normalized spacial score (nSPS) is 21.0. The number of hydrogen-bond donors (Lipinski definition) is 2. The fraction of sp³-hybridized carbons (Fsp3) is 0.769. The van der Waals surface area contributed by atoms with Crippen LogP contribution >= 0.6 is 0 Å². The van der Waals surface area contributed by atoms with Crippen LogP contribution in [0.15, 0.2) is 18.2 Å². The van der Waals surface area contributed by atoms with Crippen LogP contribution in [0.1, 0.15) is 66.9 Å². The van der Waals surface area contributed by atoms with Crippen molar-refractivity contribution in [3.63, 3.8) is 0 Å². The number of aliphatic hydroxyl groups excluding tert-OH is 2. The van der Waals surface area contributed by atoms with Crippen molar-refractivity contribution in [3.8, 4) is 11.5 Å². The standard InChI is InChI=1S/C26H44O6/c1-24(2,3)18-26(6,7)19-8-9-21(30-13-12-29-11-10-27)22(14-19)31-17-23-25(4,5)15-20(16-28)32-23/h8-9,14,20,23,27-28H,10-13,15-18H2,1-7H3. The van der Waals surface area contributed by atoms with Gasteiger partial charge in [-0.15, -0.1) is 0 Å². The summed E-state index contributed by atoms with van der Waals surface area (Å²) in [5, 5.41) is 18.4. The molecule has 6 nitrogen and oxygen atoms in total. The monoisotopic (exact) mass is 452 g/mol. The number of hydrogen-bond acceptors (Lipinski definition) is 6. The summed E-state index contributed by atoms with van der Waals surface area (Å²) in [7, 11) is 0. The van der Waals surface area contributed by atoms with Crippen LogP contribution in [0.3, 0.4) is 0 Å². The fourth-order valence-corrected chi connectivity index (χ4v) is 4.69. The van der Waals surface area contributed by atoms with Gasteiger partial charge >= 0.3 is 0 Å². The molecule has 184 valence electrons. The van der Waals surface area contributed by atoms with E-state index in [0.29, 0.717) is 37.9 Å². The molecule has 1 heterocycles. The van der Waals surface area contributed by atoms with Crippen molar-refractivity contribution in [2.75, 3.05) is 39.6 Å². The van der Waals surface area contributed by atoms with Gasteiger partial charge in [-0.05, 0) is 46.8 Å². The molecule has 1 aromatic carbocycles. The Morgan fingerprint density at radius 2 is 1.72 bits per heavy atom. The third-order valence-electron chi connectivity index (χ3n) is 5.99. The summed E-state index contributed by atoms with van der Waals surface area (Å²) in [6.07, 6.45) is 1.59. The van der Waals surface area contributed by atoms with Crippen LogP contribution in [0.2, 0.25) is 0 Å². The Kier molecular flexibility index (Phi) is 9.41. The molecule has 2 N–H and O–H groups in total. The van der Waals surface area contributed by atoms with Crippen LogP contribution in [0, 0.1) is 10.8 Å². The highest BCUT2D eigenvalue weighted by atomic mass is 16.6. The lowest BCUT2D eigenvalue weighted by Crippen LogP contribution is -2.31. The molecule has 0 radical (unpaired) electrons. The third kappa shape index (κ3) is 7.91. The first-order chi connectivity index (χ1) is 14.9. The predicted octanol–water partition coefficient (Wildman–Crippen LogP) is 4.34. The molecule has 0 spiro atoms. The highest BCUT2D eigenvalue weighted by molar-refractivity contribution is 5.45. The molecule has 1 fully saturated rings. The molecule has 0 aromatic heterocycles. The molecular formula is C26H44O6. The van der Waals surface area contributed by atoms with Crippen molar-refractivity contribution in [1.29, 1.82) is 0 Å². The van der Waals surface area contributed by atoms with E-state index in [-0.39, 0.29) is 41.7 Å². The molecular weight excluding hydrogens is 408 g/mol. The summed E-state index contributed by atoms with van der Waals surface area (Å²) < 4.78 is 23.6. The molecule has 1 aromatic rings. The molecule has 0 saturated carbocycles. The number of aliphatic hydroxyl groups is 2. The van der Waals surface area contributed by atoms with Crippen LogP contribution in [0.5, 0.6) is 11.5 Å². The van der Waals surface area contributed by atoms with Crippen LogP contribution in [0.25, 0.3) is 0 Å². The first kappa shape index (κ1) is 26.9.